The summed E-state index contributed by atoms with van der Waals surface area (Å²) < 4.78 is 0. The van der Waals surface area contributed by atoms with Gasteiger partial charge in [-0.3, -0.25) is 0 Å². The Bertz CT molecular complexity index is 948. The van der Waals surface area contributed by atoms with Gasteiger partial charge in [0.15, 0.2) is 0 Å². The van der Waals surface area contributed by atoms with Crippen LogP contribution in [0.5, 0.6) is 0 Å². The maximum absolute atomic E-state index is 4.68. The van der Waals surface area contributed by atoms with E-state index in [9.17, 15) is 0 Å². The van der Waals surface area contributed by atoms with Crippen LogP contribution in [0, 0.1) is 20.8 Å². The van der Waals surface area contributed by atoms with Crippen LogP contribution in [0.2, 0.25) is 0 Å². The Kier molecular flexibility index (Phi) is 5.10. The highest BCUT2D eigenvalue weighted by atomic mass is 15.3. The molecular formula is C22H26N6. The van der Waals surface area contributed by atoms with Crippen molar-refractivity contribution >= 4 is 23.1 Å². The fraction of sp³-hybridized carbons (Fsp3) is 0.318. The highest BCUT2D eigenvalue weighted by molar-refractivity contribution is 5.64. The quantitative estimate of drug-likeness (QED) is 0.748. The summed E-state index contributed by atoms with van der Waals surface area (Å²) in [4.78, 5) is 18.4. The molecule has 3 heterocycles. The first kappa shape index (κ1) is 18.2. The first-order valence-corrected chi connectivity index (χ1v) is 9.70. The molecule has 1 fully saturated rings. The highest BCUT2D eigenvalue weighted by Crippen LogP contribution is 2.25. The number of nitrogens with one attached hydrogen (secondary N) is 1. The van der Waals surface area contributed by atoms with Crippen molar-refractivity contribution in [2.75, 3.05) is 41.3 Å². The SMILES string of the molecule is Cc1nc(Nc2cccc(C)c2C)cc(N2CCN(c3ccccn3)CC2)n1. The number of hydrogen-bond acceptors (Lipinski definition) is 6. The molecule has 0 amide bonds. The van der Waals surface area contributed by atoms with Gasteiger partial charge in [-0.05, 0) is 50.1 Å². The number of anilines is 4. The largest absolute Gasteiger partial charge is 0.353 e. The van der Waals surface area contributed by atoms with E-state index in [4.69, 9.17) is 0 Å². The molecule has 1 saturated heterocycles. The summed E-state index contributed by atoms with van der Waals surface area (Å²) in [7, 11) is 0. The zero-order valence-corrected chi connectivity index (χ0v) is 16.7. The fourth-order valence-electron chi connectivity index (χ4n) is 3.51. The lowest BCUT2D eigenvalue weighted by molar-refractivity contribution is 0.640. The number of hydrogen-bond donors (Lipinski definition) is 1. The lowest BCUT2D eigenvalue weighted by Gasteiger charge is -2.36. The fourth-order valence-corrected chi connectivity index (χ4v) is 3.51. The second-order valence-electron chi connectivity index (χ2n) is 7.19. The van der Waals surface area contributed by atoms with Crippen LogP contribution in [0.4, 0.5) is 23.1 Å². The van der Waals surface area contributed by atoms with Gasteiger partial charge in [0.05, 0.1) is 0 Å². The molecular weight excluding hydrogens is 348 g/mol. The molecule has 0 unspecified atom stereocenters. The first-order chi connectivity index (χ1) is 13.6. The highest BCUT2D eigenvalue weighted by Gasteiger charge is 2.20. The lowest BCUT2D eigenvalue weighted by atomic mass is 10.1. The maximum Gasteiger partial charge on any atom is 0.136 e. The van der Waals surface area contributed by atoms with E-state index >= 15 is 0 Å². The average Bonchev–Trinajstić information content (AvgIpc) is 2.72. The van der Waals surface area contributed by atoms with Crippen LogP contribution in [0.15, 0.2) is 48.7 Å². The zero-order chi connectivity index (χ0) is 19.5. The van der Waals surface area contributed by atoms with Gasteiger partial charge in [-0.25, -0.2) is 15.0 Å². The van der Waals surface area contributed by atoms with E-state index in [0.29, 0.717) is 0 Å². The van der Waals surface area contributed by atoms with E-state index in [2.05, 4.69) is 68.2 Å². The van der Waals surface area contributed by atoms with Crippen molar-refractivity contribution in [3.8, 4) is 0 Å². The van der Waals surface area contributed by atoms with Crippen molar-refractivity contribution in [3.05, 3.63) is 65.6 Å². The molecule has 144 valence electrons. The summed E-state index contributed by atoms with van der Waals surface area (Å²) in [6.45, 7) is 9.88. The smallest absolute Gasteiger partial charge is 0.136 e. The number of nitrogens with zero attached hydrogens (tertiary/aromatic N) is 5. The second kappa shape index (κ2) is 7.84. The van der Waals surface area contributed by atoms with Crippen molar-refractivity contribution in [2.24, 2.45) is 0 Å². The third-order valence-corrected chi connectivity index (χ3v) is 5.27. The number of aryl methyl sites for hydroxylation is 2. The molecule has 2 aromatic heterocycles. The van der Waals surface area contributed by atoms with Crippen LogP contribution in [-0.4, -0.2) is 41.1 Å². The van der Waals surface area contributed by atoms with Crippen molar-refractivity contribution in [2.45, 2.75) is 20.8 Å². The summed E-state index contributed by atoms with van der Waals surface area (Å²) in [5.41, 5.74) is 3.59. The summed E-state index contributed by atoms with van der Waals surface area (Å²) in [6, 6.07) is 14.4. The monoisotopic (exact) mass is 374 g/mol. The molecule has 0 saturated carbocycles. The molecule has 0 spiro atoms. The predicted octanol–water partition coefficient (Wildman–Crippen LogP) is 3.87. The topological polar surface area (TPSA) is 57.2 Å². The maximum atomic E-state index is 4.68. The molecule has 0 bridgehead atoms. The van der Waals surface area contributed by atoms with Crippen molar-refractivity contribution in [3.63, 3.8) is 0 Å². The minimum atomic E-state index is 0.775. The summed E-state index contributed by atoms with van der Waals surface area (Å²) in [5, 5.41) is 3.47. The molecule has 0 atom stereocenters. The summed E-state index contributed by atoms with van der Waals surface area (Å²) >= 11 is 0. The minimum Gasteiger partial charge on any atom is -0.353 e. The van der Waals surface area contributed by atoms with Crippen LogP contribution < -0.4 is 15.1 Å². The molecule has 1 aromatic carbocycles. The van der Waals surface area contributed by atoms with E-state index < -0.39 is 0 Å². The number of piperazine rings is 1. The van der Waals surface area contributed by atoms with Gasteiger partial charge >= 0.3 is 0 Å². The van der Waals surface area contributed by atoms with Gasteiger partial charge in [0.25, 0.3) is 0 Å². The van der Waals surface area contributed by atoms with Crippen LogP contribution in [0.1, 0.15) is 17.0 Å². The van der Waals surface area contributed by atoms with Gasteiger partial charge in [-0.15, -0.1) is 0 Å². The Morgan fingerprint density at radius 2 is 1.57 bits per heavy atom. The molecule has 3 aromatic rings. The van der Waals surface area contributed by atoms with Crippen LogP contribution >= 0.6 is 0 Å². The molecule has 1 aliphatic rings. The van der Waals surface area contributed by atoms with E-state index in [1.807, 2.05) is 31.3 Å². The Morgan fingerprint density at radius 1 is 0.821 bits per heavy atom. The number of pyridine rings is 1. The van der Waals surface area contributed by atoms with Gasteiger partial charge in [-0.2, -0.15) is 0 Å². The van der Waals surface area contributed by atoms with Crippen molar-refractivity contribution in [1.82, 2.24) is 15.0 Å². The van der Waals surface area contributed by atoms with Gasteiger partial charge < -0.3 is 15.1 Å². The molecule has 4 rings (SSSR count). The summed E-state index contributed by atoms with van der Waals surface area (Å²) in [5.74, 6) is 3.63. The van der Waals surface area contributed by atoms with Crippen LogP contribution in [0.3, 0.4) is 0 Å². The molecule has 0 aliphatic carbocycles. The van der Waals surface area contributed by atoms with Crippen molar-refractivity contribution in [1.29, 1.82) is 0 Å². The van der Waals surface area contributed by atoms with E-state index in [-0.39, 0.29) is 0 Å². The van der Waals surface area contributed by atoms with Gasteiger partial charge in [-0.1, -0.05) is 18.2 Å². The molecule has 28 heavy (non-hydrogen) atoms. The Labute approximate surface area is 166 Å². The third-order valence-electron chi connectivity index (χ3n) is 5.27. The molecule has 0 radical (unpaired) electrons. The zero-order valence-electron chi connectivity index (χ0n) is 16.7. The average molecular weight is 374 g/mol. The van der Waals surface area contributed by atoms with Crippen LogP contribution in [-0.2, 0) is 0 Å². The van der Waals surface area contributed by atoms with Gasteiger partial charge in [0, 0.05) is 44.1 Å². The number of benzene rings is 1. The third kappa shape index (κ3) is 3.91. The Hall–Kier alpha value is -3.15. The van der Waals surface area contributed by atoms with E-state index in [0.717, 1.165) is 55.1 Å². The van der Waals surface area contributed by atoms with Crippen LogP contribution in [0.25, 0.3) is 0 Å². The first-order valence-electron chi connectivity index (χ1n) is 9.70. The Morgan fingerprint density at radius 3 is 2.29 bits per heavy atom. The minimum absolute atomic E-state index is 0.775. The standard InChI is InChI=1S/C22H26N6/c1-16-7-6-8-19(17(16)2)26-20-15-22(25-18(3)24-20)28-13-11-27(12-14-28)21-9-4-5-10-23-21/h4-10,15H,11-14H2,1-3H3,(H,24,25,26). The van der Waals surface area contributed by atoms with Gasteiger partial charge in [0.1, 0.15) is 23.3 Å². The van der Waals surface area contributed by atoms with E-state index in [1.165, 1.54) is 11.1 Å². The lowest BCUT2D eigenvalue weighted by Crippen LogP contribution is -2.47. The summed E-state index contributed by atoms with van der Waals surface area (Å²) in [6.07, 6.45) is 1.85. The predicted molar refractivity (Wildman–Crippen MR) is 115 cm³/mol. The second-order valence-corrected chi connectivity index (χ2v) is 7.19. The molecule has 6 nitrogen and oxygen atoms in total. The molecule has 6 heteroatoms. The Balaban J connectivity index is 1.49. The number of aromatic nitrogens is 3. The molecule has 1 aliphatic heterocycles. The molecule has 1 N–H and O–H groups in total. The van der Waals surface area contributed by atoms with Gasteiger partial charge in [0.2, 0.25) is 0 Å². The van der Waals surface area contributed by atoms with E-state index in [1.54, 1.807) is 0 Å². The van der Waals surface area contributed by atoms with Crippen molar-refractivity contribution < 1.29 is 0 Å². The normalized spacial score (nSPS) is 14.2. The number of rotatable bonds is 4.